The smallest absolute Gasteiger partial charge is 0.409 e. The van der Waals surface area contributed by atoms with E-state index in [1.54, 1.807) is 4.90 Å². The topological polar surface area (TPSA) is 49.8 Å². The summed E-state index contributed by atoms with van der Waals surface area (Å²) in [7, 11) is 1.40. The predicted molar refractivity (Wildman–Crippen MR) is 87.9 cm³/mol. The maximum atomic E-state index is 11.9. The lowest BCUT2D eigenvalue weighted by Gasteiger charge is -2.39. The first-order valence-corrected chi connectivity index (χ1v) is 8.20. The molecule has 1 N–H and O–H groups in total. The summed E-state index contributed by atoms with van der Waals surface area (Å²) in [6.45, 7) is 2.66. The fourth-order valence-corrected chi connectivity index (χ4v) is 3.94. The molecule has 1 amide bonds. The first-order chi connectivity index (χ1) is 11.0. The van der Waals surface area contributed by atoms with Gasteiger partial charge in [0.15, 0.2) is 0 Å². The summed E-state index contributed by atoms with van der Waals surface area (Å²) in [5, 5.41) is 11.1. The van der Waals surface area contributed by atoms with Gasteiger partial charge in [-0.25, -0.2) is 4.79 Å². The molecule has 4 heteroatoms. The molecule has 0 bridgehead atoms. The van der Waals surface area contributed by atoms with E-state index in [1.807, 2.05) is 31.2 Å². The molecule has 1 saturated heterocycles. The first-order valence-electron chi connectivity index (χ1n) is 8.20. The molecule has 2 aliphatic rings. The molecule has 1 aromatic carbocycles. The van der Waals surface area contributed by atoms with Crippen molar-refractivity contribution in [1.82, 2.24) is 4.90 Å². The first kappa shape index (κ1) is 15.9. The van der Waals surface area contributed by atoms with Crippen LogP contribution in [0.3, 0.4) is 0 Å². The highest BCUT2D eigenvalue weighted by Crippen LogP contribution is 2.42. The van der Waals surface area contributed by atoms with Crippen LogP contribution in [0.5, 0.6) is 0 Å². The van der Waals surface area contributed by atoms with E-state index in [0.29, 0.717) is 13.0 Å². The standard InChI is InChI=1S/C19H23NO3/c1-14-5-3-6-15(13-14)8-11-19(22)10-4-7-17-16(19)9-12-20(17)18(21)23-2/h3,5-6,13,16-17,22H,4,7,9-10,12H2,1-2H3/t16-,17-,19-/m1/s1. The van der Waals surface area contributed by atoms with E-state index in [2.05, 4.69) is 11.8 Å². The zero-order valence-electron chi connectivity index (χ0n) is 13.7. The average molecular weight is 313 g/mol. The SMILES string of the molecule is COC(=O)N1CC[C@@H]2[C@H]1CCC[C@@]2(O)C#Cc1cccc(C)c1. The van der Waals surface area contributed by atoms with Gasteiger partial charge in [-0.2, -0.15) is 0 Å². The predicted octanol–water partition coefficient (Wildman–Crippen LogP) is 2.72. The van der Waals surface area contributed by atoms with Gasteiger partial charge in [0.25, 0.3) is 0 Å². The number of benzene rings is 1. The van der Waals surface area contributed by atoms with Crippen LogP contribution in [0.4, 0.5) is 4.79 Å². The van der Waals surface area contributed by atoms with Crippen molar-refractivity contribution in [2.24, 2.45) is 5.92 Å². The fourth-order valence-electron chi connectivity index (χ4n) is 3.94. The molecule has 0 unspecified atom stereocenters. The molecule has 4 nitrogen and oxygen atoms in total. The molecule has 1 aliphatic heterocycles. The van der Waals surface area contributed by atoms with Gasteiger partial charge in [0.2, 0.25) is 0 Å². The molecular formula is C19H23NO3. The van der Waals surface area contributed by atoms with Gasteiger partial charge in [0.1, 0.15) is 5.60 Å². The van der Waals surface area contributed by atoms with E-state index in [4.69, 9.17) is 4.74 Å². The number of carbonyl (C=O) groups is 1. The molecule has 3 atom stereocenters. The Bertz CT molecular complexity index is 660. The molecule has 3 rings (SSSR count). The van der Waals surface area contributed by atoms with E-state index in [1.165, 1.54) is 7.11 Å². The number of hydrogen-bond donors (Lipinski definition) is 1. The number of aryl methyl sites for hydroxylation is 1. The number of likely N-dealkylation sites (tertiary alicyclic amines) is 1. The lowest BCUT2D eigenvalue weighted by Crippen LogP contribution is -2.49. The molecule has 0 aromatic heterocycles. The highest BCUT2D eigenvalue weighted by Gasteiger charge is 2.50. The summed E-state index contributed by atoms with van der Waals surface area (Å²) < 4.78 is 4.86. The number of fused-ring (bicyclic) bond motifs is 1. The molecule has 1 heterocycles. The number of hydrogen-bond acceptors (Lipinski definition) is 3. The number of rotatable bonds is 0. The van der Waals surface area contributed by atoms with Crippen LogP contribution >= 0.6 is 0 Å². The third-order valence-electron chi connectivity index (χ3n) is 5.07. The van der Waals surface area contributed by atoms with Gasteiger partial charge in [-0.15, -0.1) is 0 Å². The Morgan fingerprint density at radius 1 is 1.43 bits per heavy atom. The minimum atomic E-state index is -1.02. The summed E-state index contributed by atoms with van der Waals surface area (Å²) in [4.78, 5) is 13.6. The van der Waals surface area contributed by atoms with Crippen molar-refractivity contribution in [2.75, 3.05) is 13.7 Å². The molecule has 1 aromatic rings. The Hall–Kier alpha value is -1.99. The largest absolute Gasteiger partial charge is 0.453 e. The maximum Gasteiger partial charge on any atom is 0.409 e. The zero-order chi connectivity index (χ0) is 16.4. The Morgan fingerprint density at radius 3 is 3.00 bits per heavy atom. The van der Waals surface area contributed by atoms with E-state index >= 15 is 0 Å². The zero-order valence-corrected chi connectivity index (χ0v) is 13.7. The van der Waals surface area contributed by atoms with Crippen molar-refractivity contribution >= 4 is 6.09 Å². The molecule has 1 saturated carbocycles. The van der Waals surface area contributed by atoms with Gasteiger partial charge in [0.05, 0.1) is 7.11 Å². The van der Waals surface area contributed by atoms with Gasteiger partial charge in [-0.05, 0) is 50.3 Å². The van der Waals surface area contributed by atoms with E-state index in [0.717, 1.165) is 30.4 Å². The third kappa shape index (κ3) is 3.07. The molecular weight excluding hydrogens is 290 g/mol. The molecule has 122 valence electrons. The van der Waals surface area contributed by atoms with Crippen LogP contribution in [0.1, 0.15) is 36.8 Å². The molecule has 2 fully saturated rings. The summed E-state index contributed by atoms with van der Waals surface area (Å²) in [6, 6.07) is 8.02. The summed E-state index contributed by atoms with van der Waals surface area (Å²) in [6.07, 6.45) is 2.93. The second kappa shape index (κ2) is 6.25. The number of ether oxygens (including phenoxy) is 1. The minimum Gasteiger partial charge on any atom is -0.453 e. The summed E-state index contributed by atoms with van der Waals surface area (Å²) in [5.74, 6) is 6.26. The highest BCUT2D eigenvalue weighted by atomic mass is 16.5. The van der Waals surface area contributed by atoms with Gasteiger partial charge < -0.3 is 14.7 Å². The van der Waals surface area contributed by atoms with E-state index in [9.17, 15) is 9.90 Å². The van der Waals surface area contributed by atoms with Crippen molar-refractivity contribution in [3.8, 4) is 11.8 Å². The molecule has 0 spiro atoms. The van der Waals surface area contributed by atoms with Gasteiger partial charge in [-0.3, -0.25) is 0 Å². The van der Waals surface area contributed by atoms with Crippen LogP contribution in [-0.4, -0.2) is 41.4 Å². The molecule has 23 heavy (non-hydrogen) atoms. The summed E-state index contributed by atoms with van der Waals surface area (Å²) in [5.41, 5.74) is 1.06. The van der Waals surface area contributed by atoms with Crippen molar-refractivity contribution in [2.45, 2.75) is 44.2 Å². The molecule has 0 radical (unpaired) electrons. The van der Waals surface area contributed by atoms with Crippen molar-refractivity contribution in [1.29, 1.82) is 0 Å². The monoisotopic (exact) mass is 313 g/mol. The van der Waals surface area contributed by atoms with Crippen LogP contribution in [0, 0.1) is 24.7 Å². The van der Waals surface area contributed by atoms with E-state index < -0.39 is 5.60 Å². The van der Waals surface area contributed by atoms with Crippen LogP contribution in [0.2, 0.25) is 0 Å². The average Bonchev–Trinajstić information content (AvgIpc) is 2.98. The van der Waals surface area contributed by atoms with Gasteiger partial charge in [0, 0.05) is 24.1 Å². The van der Waals surface area contributed by atoms with Gasteiger partial charge in [-0.1, -0.05) is 24.0 Å². The Balaban J connectivity index is 1.83. The van der Waals surface area contributed by atoms with Crippen LogP contribution in [0.15, 0.2) is 24.3 Å². The van der Waals surface area contributed by atoms with Crippen LogP contribution in [0.25, 0.3) is 0 Å². The quantitative estimate of drug-likeness (QED) is 0.749. The lowest BCUT2D eigenvalue weighted by molar-refractivity contribution is -0.0136. The minimum absolute atomic E-state index is 0.00709. The molecule has 1 aliphatic carbocycles. The van der Waals surface area contributed by atoms with Crippen LogP contribution in [-0.2, 0) is 4.74 Å². The number of carbonyl (C=O) groups excluding carboxylic acids is 1. The second-order valence-corrected chi connectivity index (χ2v) is 6.56. The van der Waals surface area contributed by atoms with Gasteiger partial charge >= 0.3 is 6.09 Å². The Labute approximate surface area is 137 Å². The Morgan fingerprint density at radius 2 is 2.26 bits per heavy atom. The van der Waals surface area contributed by atoms with Crippen molar-refractivity contribution < 1.29 is 14.6 Å². The van der Waals surface area contributed by atoms with E-state index in [-0.39, 0.29) is 18.1 Å². The normalized spacial score (nSPS) is 29.4. The number of amides is 1. The summed E-state index contributed by atoms with van der Waals surface area (Å²) >= 11 is 0. The van der Waals surface area contributed by atoms with Crippen molar-refractivity contribution in [3.05, 3.63) is 35.4 Å². The maximum absolute atomic E-state index is 11.9. The lowest BCUT2D eigenvalue weighted by atomic mass is 9.73. The number of aliphatic hydroxyl groups is 1. The highest BCUT2D eigenvalue weighted by molar-refractivity contribution is 5.68. The third-order valence-corrected chi connectivity index (χ3v) is 5.07. The van der Waals surface area contributed by atoms with Crippen LogP contribution < -0.4 is 0 Å². The second-order valence-electron chi connectivity index (χ2n) is 6.56. The number of methoxy groups -OCH3 is 1. The van der Waals surface area contributed by atoms with Crippen molar-refractivity contribution in [3.63, 3.8) is 0 Å². The number of nitrogens with zero attached hydrogens (tertiary/aromatic N) is 1. The Kier molecular flexibility index (Phi) is 4.32. The fraction of sp³-hybridized carbons (Fsp3) is 0.526.